The first-order valence-corrected chi connectivity index (χ1v) is 31.8. The van der Waals surface area contributed by atoms with Crippen LogP contribution in [-0.2, 0) is 66.3 Å². The van der Waals surface area contributed by atoms with Crippen LogP contribution in [0.4, 0.5) is 4.79 Å². The molecule has 28 heteroatoms. The highest BCUT2D eigenvalue weighted by Crippen LogP contribution is 2.35. The Morgan fingerprint density at radius 2 is 1.42 bits per heavy atom. The van der Waals surface area contributed by atoms with Crippen LogP contribution in [-0.4, -0.2) is 211 Å². The van der Waals surface area contributed by atoms with E-state index in [4.69, 9.17) is 32.1 Å². The van der Waals surface area contributed by atoms with E-state index in [1.54, 1.807) is 84.7 Å². The Morgan fingerprint density at radius 3 is 1.99 bits per heavy atom. The fourth-order valence-electron chi connectivity index (χ4n) is 11.3. The van der Waals surface area contributed by atoms with Crippen LogP contribution in [0.5, 0.6) is 17.2 Å². The molecule has 0 saturated carbocycles. The molecule has 91 heavy (non-hydrogen) atoms. The number of nitrogens with zero attached hydrogens (tertiary/aromatic N) is 3. The molecule has 0 aliphatic carbocycles. The fraction of sp³-hybridized carbons (Fsp3) is 0.603. The van der Waals surface area contributed by atoms with Gasteiger partial charge in [0.2, 0.25) is 29.9 Å². The first-order chi connectivity index (χ1) is 42.9. The van der Waals surface area contributed by atoms with Gasteiger partial charge in [0.15, 0.2) is 11.5 Å². The number of aliphatic carboxylic acids is 1. The molecule has 27 nitrogen and oxygen atoms in total. The maximum atomic E-state index is 14.8. The fourth-order valence-corrected chi connectivity index (χ4v) is 12.0. The van der Waals surface area contributed by atoms with Gasteiger partial charge < -0.3 is 83.3 Å². The van der Waals surface area contributed by atoms with Gasteiger partial charge in [0.25, 0.3) is 5.91 Å². The van der Waals surface area contributed by atoms with Gasteiger partial charge in [-0.3, -0.25) is 28.9 Å². The van der Waals surface area contributed by atoms with Gasteiger partial charge in [0.1, 0.15) is 54.9 Å². The smallest absolute Gasteiger partial charge is 0.480 e. The number of carboxylic acids is 1. The number of carbonyl (C=O) groups excluding carboxylic acids is 6. The van der Waals surface area contributed by atoms with Gasteiger partial charge in [0, 0.05) is 52.9 Å². The van der Waals surface area contributed by atoms with Gasteiger partial charge in [0.05, 0.1) is 43.2 Å². The number of nitrogens with one attached hydrogen (secondary N) is 3. The summed E-state index contributed by atoms with van der Waals surface area (Å²) in [4.78, 5) is 100. The number of carbonyl (C=O) groups is 7. The van der Waals surface area contributed by atoms with E-state index in [-0.39, 0.29) is 48.6 Å². The van der Waals surface area contributed by atoms with E-state index >= 15 is 0 Å². The molecule has 0 radical (unpaired) electrons. The molecule has 6 amide bonds. The van der Waals surface area contributed by atoms with Crippen molar-refractivity contribution in [2.45, 2.75) is 180 Å². The summed E-state index contributed by atoms with van der Waals surface area (Å²) in [5, 5.41) is 59.0. The zero-order valence-corrected chi connectivity index (χ0v) is 54.7. The number of hydrogen-bond donors (Lipinski definition) is 8. The van der Waals surface area contributed by atoms with Crippen molar-refractivity contribution in [2.24, 2.45) is 23.7 Å². The third-order valence-electron chi connectivity index (χ3n) is 16.4. The number of hydrogen-bond acceptors (Lipinski definition) is 20. The number of ether oxygens (including phenoxy) is 5. The highest BCUT2D eigenvalue weighted by atomic mass is 32.3. The molecule has 2 fully saturated rings. The second-order valence-electron chi connectivity index (χ2n) is 24.1. The number of methoxy groups -OCH3 is 2. The summed E-state index contributed by atoms with van der Waals surface area (Å²) < 4.78 is 65.9. The number of likely N-dealkylation sites (tertiary alicyclic amines) is 1. The zero-order valence-electron chi connectivity index (χ0n) is 53.9. The molecule has 0 spiro atoms. The molecule has 8 N–H and O–H groups in total. The molecule has 0 bridgehead atoms. The van der Waals surface area contributed by atoms with E-state index in [1.165, 1.54) is 56.5 Å². The van der Waals surface area contributed by atoms with Crippen molar-refractivity contribution in [3.63, 3.8) is 0 Å². The summed E-state index contributed by atoms with van der Waals surface area (Å²) in [6, 6.07) is 12.6. The number of aliphatic hydroxyl groups is 4. The number of aliphatic hydroxyl groups excluding tert-OH is 4. The summed E-state index contributed by atoms with van der Waals surface area (Å²) in [6.07, 6.45) is -9.47. The normalized spacial score (nSPS) is 21.1. The largest absolute Gasteiger partial charge is 0.501 e. The van der Waals surface area contributed by atoms with Crippen molar-refractivity contribution >= 4 is 52.0 Å². The zero-order chi connectivity index (χ0) is 67.8. The summed E-state index contributed by atoms with van der Waals surface area (Å²) in [5.41, 5.74) is 1.02. The molecule has 0 aromatic heterocycles. The minimum Gasteiger partial charge on any atom is -0.480 e. The highest BCUT2D eigenvalue weighted by Gasteiger charge is 2.47. The van der Waals surface area contributed by atoms with Crippen molar-refractivity contribution in [3.05, 3.63) is 89.5 Å². The van der Waals surface area contributed by atoms with Gasteiger partial charge in [-0.25, -0.2) is 9.59 Å². The Balaban J connectivity index is 1.23. The van der Waals surface area contributed by atoms with E-state index in [0.717, 1.165) is 22.6 Å². The standard InChI is InChI=1S/C63H92N6O21S/c1-14-37(8)52(47(84-12)31-49(71)69-28-18-21-44(69)56(85-13)38(9)57(75)65-43(61(79)80)29-39-19-16-15-17-20-39)67(10)60(78)50(34(2)3)66-59(77)51(35(4)5)68(11)63(81)86-33-40-22-25-42(26-23-40)89-91(82,83)90-46-30-41(58(76)64-36(6)7)24-27-45(46)87-62-55(74)54(73)53(72)48(32-70)88-62/h15-17,19-20,22-27,30,34-38,43-44,47-48,50-56,62,70,72-74H,14,18,21,28-29,31-33H2,1-13H3,(H,64,76)(H,65,75)(H,66,77)(H,79,80)/t37-,38-,43+,44+,47-,48-,50+,51+,52+,53+,54+,55-,56-,62?/m1/s1. The third-order valence-corrected chi connectivity index (χ3v) is 17.2. The van der Waals surface area contributed by atoms with Crippen molar-refractivity contribution in [1.29, 1.82) is 0 Å². The van der Waals surface area contributed by atoms with E-state index < -0.39 is 155 Å². The van der Waals surface area contributed by atoms with Gasteiger partial charge in [-0.15, -0.1) is 8.42 Å². The van der Waals surface area contributed by atoms with Crippen LogP contribution < -0.4 is 29.1 Å². The van der Waals surface area contributed by atoms with Crippen molar-refractivity contribution in [1.82, 2.24) is 30.7 Å². The molecule has 3 aromatic rings. The predicted molar refractivity (Wildman–Crippen MR) is 329 cm³/mol. The lowest BCUT2D eigenvalue weighted by molar-refractivity contribution is -0.277. The van der Waals surface area contributed by atoms with Gasteiger partial charge in [-0.1, -0.05) is 97.4 Å². The number of benzene rings is 3. The molecule has 2 aliphatic rings. The molecule has 2 saturated heterocycles. The van der Waals surface area contributed by atoms with E-state index in [0.29, 0.717) is 31.4 Å². The van der Waals surface area contributed by atoms with Crippen LogP contribution >= 0.6 is 0 Å². The van der Waals surface area contributed by atoms with Crippen LogP contribution in [0.15, 0.2) is 72.8 Å². The molecular formula is C63H92N6O21S. The Kier molecular flexibility index (Phi) is 27.8. The Bertz CT molecular complexity index is 3030. The Hall–Kier alpha value is -7.18. The van der Waals surface area contributed by atoms with Crippen LogP contribution in [0, 0.1) is 23.7 Å². The minimum absolute atomic E-state index is 0.0682. The summed E-state index contributed by atoms with van der Waals surface area (Å²) in [5.74, 6) is -7.10. The predicted octanol–water partition coefficient (Wildman–Crippen LogP) is 3.17. The molecule has 2 aliphatic heterocycles. The van der Waals surface area contributed by atoms with E-state index in [9.17, 15) is 67.5 Å². The number of rotatable bonds is 32. The summed E-state index contributed by atoms with van der Waals surface area (Å²) >= 11 is 0. The molecule has 5 rings (SSSR count). The molecule has 506 valence electrons. The highest BCUT2D eigenvalue weighted by molar-refractivity contribution is 7.82. The molecule has 2 heterocycles. The van der Waals surface area contributed by atoms with Crippen LogP contribution in [0.2, 0.25) is 0 Å². The topological polar surface area (TPSA) is 365 Å². The lowest BCUT2D eigenvalue weighted by Crippen LogP contribution is -2.60. The van der Waals surface area contributed by atoms with Crippen molar-refractivity contribution in [2.75, 3.05) is 41.5 Å². The lowest BCUT2D eigenvalue weighted by Gasteiger charge is -2.41. The second kappa shape index (κ2) is 33.9. The van der Waals surface area contributed by atoms with Crippen LogP contribution in [0.3, 0.4) is 0 Å². The molecule has 14 atom stereocenters. The van der Waals surface area contributed by atoms with Gasteiger partial charge in [-0.2, -0.15) is 0 Å². The lowest BCUT2D eigenvalue weighted by atomic mass is 9.89. The first kappa shape index (κ1) is 74.5. The number of carboxylic acid groups (broad SMARTS) is 1. The SMILES string of the molecule is CC[C@@H](C)[C@@H]([C@@H](CC(=O)N1CCC[C@H]1[C@H](OC)[C@@H](C)C(=O)N[C@@H](Cc1ccccc1)C(=O)O)OC)N(C)C(=O)[C@@H](NC(=O)[C@H](C(C)C)N(C)C(=O)OCc1ccc(OS(=O)(=O)Oc2cc(C(=O)NC(C)C)ccc2OC2O[C@H](CO)[C@H](O)[C@H](O)[C@H]2O)cc1)C(C)C. The minimum atomic E-state index is -5.05. The van der Waals surface area contributed by atoms with E-state index in [1.807, 2.05) is 19.9 Å². The monoisotopic (exact) mass is 1300 g/mol. The maximum absolute atomic E-state index is 14.8. The van der Waals surface area contributed by atoms with Crippen molar-refractivity contribution in [3.8, 4) is 17.2 Å². The number of likely N-dealkylation sites (N-methyl/N-ethyl adjacent to an activating group) is 2. The second-order valence-corrected chi connectivity index (χ2v) is 25.2. The van der Waals surface area contributed by atoms with Gasteiger partial charge in [-0.05, 0) is 85.9 Å². The van der Waals surface area contributed by atoms with Gasteiger partial charge >= 0.3 is 22.5 Å². The average Bonchev–Trinajstić information content (AvgIpc) is 2.18. The van der Waals surface area contributed by atoms with Crippen LogP contribution in [0.25, 0.3) is 0 Å². The van der Waals surface area contributed by atoms with Crippen LogP contribution in [0.1, 0.15) is 109 Å². The molecular weight excluding hydrogens is 1210 g/mol. The molecule has 3 aromatic carbocycles. The summed E-state index contributed by atoms with van der Waals surface area (Å²) in [7, 11) is 0.817. The third kappa shape index (κ3) is 19.9. The first-order valence-electron chi connectivity index (χ1n) is 30.4. The summed E-state index contributed by atoms with van der Waals surface area (Å²) in [6.45, 7) is 15.1. The Morgan fingerprint density at radius 1 is 0.758 bits per heavy atom. The van der Waals surface area contributed by atoms with Crippen molar-refractivity contribution < 1.29 is 99.6 Å². The maximum Gasteiger partial charge on any atom is 0.501 e. The molecule has 1 unspecified atom stereocenters. The number of amides is 6. The quantitative estimate of drug-likeness (QED) is 0.0445. The average molecular weight is 1300 g/mol. The van der Waals surface area contributed by atoms with E-state index in [2.05, 4.69) is 16.0 Å². The Labute approximate surface area is 532 Å².